The van der Waals surface area contributed by atoms with Gasteiger partial charge in [0.1, 0.15) is 0 Å². The Balaban J connectivity index is 2.15. The summed E-state index contributed by atoms with van der Waals surface area (Å²) in [5.74, 6) is 2.59. The smallest absolute Gasteiger partial charge is 0.0458 e. The quantitative estimate of drug-likeness (QED) is 0.715. The Labute approximate surface area is 94.3 Å². The SMILES string of the molecule is c1ccc2c3c([nH]c2c1)CCCSCC3. The molecule has 0 atom stereocenters. The van der Waals surface area contributed by atoms with Crippen LogP contribution in [0.1, 0.15) is 17.7 Å². The van der Waals surface area contributed by atoms with Crippen molar-refractivity contribution in [3.05, 3.63) is 35.5 Å². The average molecular weight is 217 g/mol. The number of H-pyrrole nitrogens is 1. The van der Waals surface area contributed by atoms with Gasteiger partial charge in [-0.3, -0.25) is 0 Å². The number of aromatic amines is 1. The Kier molecular flexibility index (Phi) is 2.45. The first kappa shape index (κ1) is 9.34. The largest absolute Gasteiger partial charge is 0.358 e. The first-order valence-electron chi connectivity index (χ1n) is 5.61. The summed E-state index contributed by atoms with van der Waals surface area (Å²) in [4.78, 5) is 3.57. The normalized spacial score (nSPS) is 17.1. The number of benzene rings is 1. The Morgan fingerprint density at radius 3 is 3.00 bits per heavy atom. The van der Waals surface area contributed by atoms with Gasteiger partial charge in [0.2, 0.25) is 0 Å². The van der Waals surface area contributed by atoms with Gasteiger partial charge >= 0.3 is 0 Å². The zero-order valence-corrected chi connectivity index (χ0v) is 9.57. The third-order valence-electron chi connectivity index (χ3n) is 3.11. The fraction of sp³-hybridized carbons (Fsp3) is 0.385. The maximum atomic E-state index is 3.57. The Morgan fingerprint density at radius 2 is 2.00 bits per heavy atom. The van der Waals surface area contributed by atoms with Crippen molar-refractivity contribution < 1.29 is 0 Å². The molecule has 0 radical (unpaired) electrons. The number of hydrogen-bond donors (Lipinski definition) is 1. The van der Waals surface area contributed by atoms with Crippen LogP contribution in [0.2, 0.25) is 0 Å². The molecule has 15 heavy (non-hydrogen) atoms. The molecule has 0 saturated carbocycles. The molecule has 1 aromatic carbocycles. The summed E-state index contributed by atoms with van der Waals surface area (Å²) in [7, 11) is 0. The molecule has 1 N–H and O–H groups in total. The minimum atomic E-state index is 1.22. The van der Waals surface area contributed by atoms with Crippen LogP contribution in [0.5, 0.6) is 0 Å². The van der Waals surface area contributed by atoms with Crippen molar-refractivity contribution in [2.75, 3.05) is 11.5 Å². The van der Waals surface area contributed by atoms with Gasteiger partial charge < -0.3 is 4.98 Å². The molecule has 2 heteroatoms. The lowest BCUT2D eigenvalue weighted by atomic mass is 10.1. The van der Waals surface area contributed by atoms with Gasteiger partial charge in [-0.05, 0) is 42.4 Å². The number of fused-ring (bicyclic) bond motifs is 3. The van der Waals surface area contributed by atoms with Crippen molar-refractivity contribution in [3.8, 4) is 0 Å². The third kappa shape index (κ3) is 1.67. The predicted molar refractivity (Wildman–Crippen MR) is 67.6 cm³/mol. The summed E-state index contributed by atoms with van der Waals surface area (Å²) in [6.45, 7) is 0. The van der Waals surface area contributed by atoms with E-state index in [1.807, 2.05) is 0 Å². The first-order chi connectivity index (χ1) is 7.45. The highest BCUT2D eigenvalue weighted by Gasteiger charge is 2.12. The van der Waals surface area contributed by atoms with E-state index in [1.54, 1.807) is 5.56 Å². The van der Waals surface area contributed by atoms with Crippen molar-refractivity contribution in [1.29, 1.82) is 0 Å². The van der Waals surface area contributed by atoms with E-state index >= 15 is 0 Å². The summed E-state index contributed by atoms with van der Waals surface area (Å²) in [5.41, 5.74) is 4.36. The zero-order chi connectivity index (χ0) is 10.1. The van der Waals surface area contributed by atoms with E-state index in [0.29, 0.717) is 0 Å². The van der Waals surface area contributed by atoms with Crippen molar-refractivity contribution in [3.63, 3.8) is 0 Å². The minimum absolute atomic E-state index is 1.22. The number of aromatic nitrogens is 1. The Bertz CT molecular complexity index is 472. The number of hydrogen-bond acceptors (Lipinski definition) is 1. The Morgan fingerprint density at radius 1 is 1.07 bits per heavy atom. The van der Waals surface area contributed by atoms with Gasteiger partial charge in [-0.15, -0.1) is 0 Å². The summed E-state index contributed by atoms with van der Waals surface area (Å²) in [6, 6.07) is 8.69. The molecule has 78 valence electrons. The molecule has 0 amide bonds. The third-order valence-corrected chi connectivity index (χ3v) is 4.18. The van der Waals surface area contributed by atoms with Gasteiger partial charge in [0.25, 0.3) is 0 Å². The van der Waals surface area contributed by atoms with Crippen molar-refractivity contribution >= 4 is 22.7 Å². The molecule has 0 saturated heterocycles. The maximum absolute atomic E-state index is 3.57. The van der Waals surface area contributed by atoms with Gasteiger partial charge in [0.05, 0.1) is 0 Å². The fourth-order valence-electron chi connectivity index (χ4n) is 2.38. The van der Waals surface area contributed by atoms with Crippen LogP contribution in [0.3, 0.4) is 0 Å². The second-order valence-corrected chi connectivity index (χ2v) is 5.32. The minimum Gasteiger partial charge on any atom is -0.358 e. The lowest BCUT2D eigenvalue weighted by Gasteiger charge is -2.09. The number of aryl methyl sites for hydroxylation is 2. The van der Waals surface area contributed by atoms with Crippen LogP contribution in [0.4, 0.5) is 0 Å². The molecule has 0 fully saturated rings. The van der Waals surface area contributed by atoms with Gasteiger partial charge in [0, 0.05) is 16.6 Å². The maximum Gasteiger partial charge on any atom is 0.0458 e. The van der Waals surface area contributed by atoms with E-state index in [1.165, 1.54) is 47.4 Å². The van der Waals surface area contributed by atoms with Crippen molar-refractivity contribution in [1.82, 2.24) is 4.98 Å². The summed E-state index contributed by atoms with van der Waals surface area (Å²) >= 11 is 2.09. The van der Waals surface area contributed by atoms with E-state index in [2.05, 4.69) is 41.0 Å². The highest BCUT2D eigenvalue weighted by Crippen LogP contribution is 2.27. The molecule has 1 aromatic heterocycles. The van der Waals surface area contributed by atoms with Gasteiger partial charge in [-0.2, -0.15) is 11.8 Å². The monoisotopic (exact) mass is 217 g/mol. The van der Waals surface area contributed by atoms with Crippen LogP contribution < -0.4 is 0 Å². The number of nitrogens with one attached hydrogen (secondary N) is 1. The van der Waals surface area contributed by atoms with Gasteiger partial charge in [-0.25, -0.2) is 0 Å². The molecule has 1 nitrogen and oxygen atoms in total. The molecule has 0 unspecified atom stereocenters. The van der Waals surface area contributed by atoms with Crippen LogP contribution in [0.15, 0.2) is 24.3 Å². The van der Waals surface area contributed by atoms with Crippen molar-refractivity contribution in [2.24, 2.45) is 0 Å². The molecule has 2 aromatic rings. The number of para-hydroxylation sites is 1. The Hall–Kier alpha value is -0.890. The summed E-state index contributed by atoms with van der Waals surface area (Å²) < 4.78 is 0. The molecule has 2 heterocycles. The highest BCUT2D eigenvalue weighted by molar-refractivity contribution is 7.99. The second-order valence-electron chi connectivity index (χ2n) is 4.09. The van der Waals surface area contributed by atoms with Crippen LogP contribution in [-0.2, 0) is 12.8 Å². The fourth-order valence-corrected chi connectivity index (χ4v) is 3.28. The number of rotatable bonds is 0. The highest BCUT2D eigenvalue weighted by atomic mass is 32.2. The average Bonchev–Trinajstić information content (AvgIpc) is 2.55. The van der Waals surface area contributed by atoms with Crippen LogP contribution in [-0.4, -0.2) is 16.5 Å². The van der Waals surface area contributed by atoms with Crippen molar-refractivity contribution in [2.45, 2.75) is 19.3 Å². The van der Waals surface area contributed by atoms with E-state index < -0.39 is 0 Å². The predicted octanol–water partition coefficient (Wildman–Crippen LogP) is 3.39. The molecule has 0 bridgehead atoms. The molecule has 1 aliphatic rings. The zero-order valence-electron chi connectivity index (χ0n) is 8.75. The first-order valence-corrected chi connectivity index (χ1v) is 6.77. The molecule has 3 rings (SSSR count). The molecule has 0 spiro atoms. The van der Waals surface area contributed by atoms with E-state index in [0.717, 1.165) is 0 Å². The van der Waals surface area contributed by atoms with Crippen LogP contribution >= 0.6 is 11.8 Å². The summed E-state index contributed by atoms with van der Waals surface area (Å²) in [6.07, 6.45) is 3.76. The van der Waals surface area contributed by atoms with E-state index in [-0.39, 0.29) is 0 Å². The molecular formula is C13H15NS. The molecule has 0 aliphatic carbocycles. The standard InChI is InChI=1S/C13H15NS/c1-2-5-12-10(4-1)11-7-9-15-8-3-6-13(11)14-12/h1-2,4-5,14H,3,6-9H2. The molecular weight excluding hydrogens is 202 g/mol. The lowest BCUT2D eigenvalue weighted by molar-refractivity contribution is 0.876. The lowest BCUT2D eigenvalue weighted by Crippen LogP contribution is -2.00. The second kappa shape index (κ2) is 3.93. The van der Waals surface area contributed by atoms with Gasteiger partial charge in [0.15, 0.2) is 0 Å². The topological polar surface area (TPSA) is 15.8 Å². The van der Waals surface area contributed by atoms with E-state index in [4.69, 9.17) is 0 Å². The van der Waals surface area contributed by atoms with Gasteiger partial charge in [-0.1, -0.05) is 18.2 Å². The molecule has 1 aliphatic heterocycles. The summed E-state index contributed by atoms with van der Waals surface area (Å²) in [5, 5.41) is 1.44. The van der Waals surface area contributed by atoms with Crippen LogP contribution in [0.25, 0.3) is 10.9 Å². The van der Waals surface area contributed by atoms with Crippen LogP contribution in [0, 0.1) is 0 Å². The number of thioether (sulfide) groups is 1. The van der Waals surface area contributed by atoms with E-state index in [9.17, 15) is 0 Å².